The van der Waals surface area contributed by atoms with E-state index in [1.165, 1.54) is 12.1 Å². The van der Waals surface area contributed by atoms with Crippen LogP contribution in [0.15, 0.2) is 24.3 Å². The van der Waals surface area contributed by atoms with Crippen LogP contribution in [0.1, 0.15) is 38.2 Å². The standard InChI is InChI=1S/C20H31FN4O2.ClH/c1-3-4-18(19(26)25-11-9-16(10-12-25)13-22-2)24-20(27)23-14-15-5-7-17(21)8-6-15;/h5-8,16,18,22H,3-4,9-14H2,1-2H3,(H2,23,24,27);1H. The van der Waals surface area contributed by atoms with E-state index in [1.807, 2.05) is 18.9 Å². The summed E-state index contributed by atoms with van der Waals surface area (Å²) in [4.78, 5) is 26.9. The van der Waals surface area contributed by atoms with Gasteiger partial charge in [0.15, 0.2) is 0 Å². The van der Waals surface area contributed by atoms with E-state index in [-0.39, 0.29) is 36.7 Å². The van der Waals surface area contributed by atoms with Crippen LogP contribution >= 0.6 is 12.4 Å². The fraction of sp³-hybridized carbons (Fsp3) is 0.600. The van der Waals surface area contributed by atoms with E-state index in [1.54, 1.807) is 12.1 Å². The third kappa shape index (κ3) is 7.64. The van der Waals surface area contributed by atoms with Gasteiger partial charge in [0.1, 0.15) is 11.9 Å². The zero-order valence-corrected chi connectivity index (χ0v) is 17.5. The van der Waals surface area contributed by atoms with E-state index in [0.717, 1.165) is 44.5 Å². The Morgan fingerprint density at radius 1 is 1.21 bits per heavy atom. The number of halogens is 2. The van der Waals surface area contributed by atoms with Crippen molar-refractivity contribution >= 4 is 24.3 Å². The van der Waals surface area contributed by atoms with Crippen molar-refractivity contribution in [1.29, 1.82) is 0 Å². The lowest BCUT2D eigenvalue weighted by Gasteiger charge is -2.34. The molecule has 0 aliphatic carbocycles. The van der Waals surface area contributed by atoms with Crippen LogP contribution in [0.3, 0.4) is 0 Å². The first kappa shape index (κ1) is 24.2. The molecule has 1 aliphatic rings. The second-order valence-electron chi connectivity index (χ2n) is 7.12. The first-order valence-corrected chi connectivity index (χ1v) is 9.75. The number of piperidine rings is 1. The highest BCUT2D eigenvalue weighted by Crippen LogP contribution is 2.17. The van der Waals surface area contributed by atoms with Crippen LogP contribution in [0.4, 0.5) is 9.18 Å². The van der Waals surface area contributed by atoms with Crippen LogP contribution in [0, 0.1) is 11.7 Å². The van der Waals surface area contributed by atoms with Crippen molar-refractivity contribution in [3.8, 4) is 0 Å². The first-order valence-electron chi connectivity index (χ1n) is 9.75. The maximum Gasteiger partial charge on any atom is 0.315 e. The monoisotopic (exact) mass is 414 g/mol. The molecular formula is C20H32ClFN4O2. The number of carbonyl (C=O) groups excluding carboxylic acids is 2. The lowest BCUT2D eigenvalue weighted by atomic mass is 9.96. The number of rotatable bonds is 8. The van der Waals surface area contributed by atoms with Gasteiger partial charge in [0.05, 0.1) is 0 Å². The fourth-order valence-corrected chi connectivity index (χ4v) is 3.41. The maximum atomic E-state index is 12.9. The van der Waals surface area contributed by atoms with Gasteiger partial charge in [-0.2, -0.15) is 0 Å². The van der Waals surface area contributed by atoms with Gasteiger partial charge in [-0.1, -0.05) is 25.5 Å². The average Bonchev–Trinajstić information content (AvgIpc) is 2.67. The van der Waals surface area contributed by atoms with Crippen molar-refractivity contribution in [3.63, 3.8) is 0 Å². The number of nitrogens with one attached hydrogen (secondary N) is 3. The molecule has 0 radical (unpaired) electrons. The Morgan fingerprint density at radius 2 is 1.86 bits per heavy atom. The van der Waals surface area contributed by atoms with Gasteiger partial charge in [-0.05, 0) is 56.5 Å². The highest BCUT2D eigenvalue weighted by molar-refractivity contribution is 5.87. The zero-order chi connectivity index (χ0) is 19.6. The van der Waals surface area contributed by atoms with Crippen LogP contribution in [0.25, 0.3) is 0 Å². The molecule has 1 aromatic carbocycles. The molecule has 158 valence electrons. The summed E-state index contributed by atoms with van der Waals surface area (Å²) < 4.78 is 12.9. The van der Waals surface area contributed by atoms with E-state index in [2.05, 4.69) is 16.0 Å². The van der Waals surface area contributed by atoms with Crippen molar-refractivity contribution in [2.24, 2.45) is 5.92 Å². The van der Waals surface area contributed by atoms with E-state index in [0.29, 0.717) is 12.3 Å². The van der Waals surface area contributed by atoms with Gasteiger partial charge in [-0.3, -0.25) is 4.79 Å². The van der Waals surface area contributed by atoms with Gasteiger partial charge < -0.3 is 20.9 Å². The van der Waals surface area contributed by atoms with Crippen LogP contribution in [-0.2, 0) is 11.3 Å². The minimum absolute atomic E-state index is 0. The van der Waals surface area contributed by atoms with Gasteiger partial charge in [0.25, 0.3) is 0 Å². The number of benzene rings is 1. The Balaban J connectivity index is 0.00000392. The molecule has 6 nitrogen and oxygen atoms in total. The third-order valence-corrected chi connectivity index (χ3v) is 4.97. The molecule has 1 saturated heterocycles. The van der Waals surface area contributed by atoms with E-state index >= 15 is 0 Å². The molecule has 28 heavy (non-hydrogen) atoms. The molecule has 1 atom stereocenters. The lowest BCUT2D eigenvalue weighted by molar-refractivity contribution is -0.134. The Bertz CT molecular complexity index is 607. The van der Waals surface area contributed by atoms with Crippen molar-refractivity contribution in [2.75, 3.05) is 26.7 Å². The van der Waals surface area contributed by atoms with Crippen LogP contribution in [0.2, 0.25) is 0 Å². The maximum absolute atomic E-state index is 12.9. The van der Waals surface area contributed by atoms with Crippen LogP contribution in [-0.4, -0.2) is 49.6 Å². The fourth-order valence-electron chi connectivity index (χ4n) is 3.41. The highest BCUT2D eigenvalue weighted by atomic mass is 35.5. The molecule has 0 saturated carbocycles. The smallest absolute Gasteiger partial charge is 0.315 e. The SMILES string of the molecule is CCCC(NC(=O)NCc1ccc(F)cc1)C(=O)N1CCC(CNC)CC1.Cl. The second-order valence-corrected chi connectivity index (χ2v) is 7.12. The molecule has 0 spiro atoms. The second kappa shape index (κ2) is 12.6. The normalized spacial score (nSPS) is 15.5. The Labute approximate surface area is 173 Å². The number of hydrogen-bond donors (Lipinski definition) is 3. The van der Waals surface area contributed by atoms with Crippen molar-refractivity contribution < 1.29 is 14.0 Å². The largest absolute Gasteiger partial charge is 0.341 e. The van der Waals surface area contributed by atoms with Gasteiger partial charge in [0.2, 0.25) is 5.91 Å². The zero-order valence-electron chi connectivity index (χ0n) is 16.7. The average molecular weight is 415 g/mol. The minimum atomic E-state index is -0.510. The molecule has 1 heterocycles. The quantitative estimate of drug-likeness (QED) is 0.612. The molecule has 2 rings (SSSR count). The highest BCUT2D eigenvalue weighted by Gasteiger charge is 2.28. The summed E-state index contributed by atoms with van der Waals surface area (Å²) >= 11 is 0. The van der Waals surface area contributed by atoms with Crippen molar-refractivity contribution in [3.05, 3.63) is 35.6 Å². The molecule has 3 amide bonds. The summed E-state index contributed by atoms with van der Waals surface area (Å²) in [7, 11) is 1.95. The van der Waals surface area contributed by atoms with Gasteiger partial charge in [-0.15, -0.1) is 12.4 Å². The van der Waals surface area contributed by atoms with Crippen molar-refractivity contribution in [2.45, 2.75) is 45.2 Å². The summed E-state index contributed by atoms with van der Waals surface area (Å²) in [6.07, 6.45) is 3.40. The number of carbonyl (C=O) groups is 2. The van der Waals surface area contributed by atoms with Crippen LogP contribution in [0.5, 0.6) is 0 Å². The summed E-state index contributed by atoms with van der Waals surface area (Å²) in [6.45, 7) is 4.74. The Morgan fingerprint density at radius 3 is 2.43 bits per heavy atom. The molecule has 1 aromatic rings. The van der Waals surface area contributed by atoms with E-state index < -0.39 is 6.04 Å². The predicted octanol–water partition coefficient (Wildman–Crippen LogP) is 2.67. The number of hydrogen-bond acceptors (Lipinski definition) is 3. The first-order chi connectivity index (χ1) is 13.0. The Hall–Kier alpha value is -1.86. The Kier molecular flexibility index (Phi) is 10.9. The molecule has 0 bridgehead atoms. The number of urea groups is 1. The number of nitrogens with zero attached hydrogens (tertiary/aromatic N) is 1. The minimum Gasteiger partial charge on any atom is -0.341 e. The molecule has 3 N–H and O–H groups in total. The van der Waals surface area contributed by atoms with Crippen LogP contribution < -0.4 is 16.0 Å². The number of likely N-dealkylation sites (tertiary alicyclic amines) is 1. The van der Waals surface area contributed by atoms with E-state index in [9.17, 15) is 14.0 Å². The van der Waals surface area contributed by atoms with Gasteiger partial charge in [-0.25, -0.2) is 9.18 Å². The molecular weight excluding hydrogens is 383 g/mol. The molecule has 8 heteroatoms. The predicted molar refractivity (Wildman–Crippen MR) is 111 cm³/mol. The summed E-state index contributed by atoms with van der Waals surface area (Å²) in [5.74, 6) is 0.294. The summed E-state index contributed by atoms with van der Waals surface area (Å²) in [5, 5.41) is 8.73. The lowest BCUT2D eigenvalue weighted by Crippen LogP contribution is -2.53. The number of amides is 3. The third-order valence-electron chi connectivity index (χ3n) is 4.97. The summed E-state index contributed by atoms with van der Waals surface area (Å²) in [5.41, 5.74) is 0.802. The molecule has 1 aliphatic heterocycles. The molecule has 0 aromatic heterocycles. The summed E-state index contributed by atoms with van der Waals surface area (Å²) in [6, 6.07) is 5.07. The molecule has 1 unspecified atom stereocenters. The topological polar surface area (TPSA) is 73.5 Å². The van der Waals surface area contributed by atoms with Crippen molar-refractivity contribution in [1.82, 2.24) is 20.9 Å². The van der Waals surface area contributed by atoms with E-state index in [4.69, 9.17) is 0 Å². The van der Waals surface area contributed by atoms with Gasteiger partial charge in [0, 0.05) is 19.6 Å². The molecule has 1 fully saturated rings. The van der Waals surface area contributed by atoms with Gasteiger partial charge >= 0.3 is 6.03 Å².